The Kier molecular flexibility index (Phi) is 2.27. The van der Waals surface area contributed by atoms with Gasteiger partial charge in [-0.15, -0.1) is 0 Å². The zero-order chi connectivity index (χ0) is 14.6. The van der Waals surface area contributed by atoms with E-state index in [0.717, 1.165) is 21.5 Å². The normalized spacial score (nSPS) is 14.0. The number of imidazole rings is 1. The van der Waals surface area contributed by atoms with Crippen molar-refractivity contribution < 1.29 is 9.59 Å². The number of rotatable bonds is 1. The van der Waals surface area contributed by atoms with Crippen LogP contribution in [0.25, 0.3) is 11.0 Å². The fourth-order valence-electron chi connectivity index (χ4n) is 2.59. The van der Waals surface area contributed by atoms with E-state index in [-0.39, 0.29) is 17.8 Å². The Morgan fingerprint density at radius 3 is 2.57 bits per heavy atom. The first-order valence-corrected chi connectivity index (χ1v) is 6.59. The largest absolute Gasteiger partial charge is 0.323 e. The number of aromatic nitrogens is 2. The predicted molar refractivity (Wildman–Crippen MR) is 78.4 cm³/mol. The minimum absolute atomic E-state index is 0.264. The molecule has 102 valence electrons. The van der Waals surface area contributed by atoms with Crippen LogP contribution >= 0.6 is 0 Å². The summed E-state index contributed by atoms with van der Waals surface area (Å²) in [6.07, 6.45) is 0. The van der Waals surface area contributed by atoms with Gasteiger partial charge in [0.1, 0.15) is 0 Å². The molecular weight excluding hydrogens is 266 g/mol. The van der Waals surface area contributed by atoms with E-state index >= 15 is 0 Å². The Morgan fingerprint density at radius 2 is 1.76 bits per heavy atom. The lowest BCUT2D eigenvalue weighted by Gasteiger charge is -2.08. The van der Waals surface area contributed by atoms with E-state index in [1.165, 1.54) is 0 Å². The summed E-state index contributed by atoms with van der Waals surface area (Å²) < 4.78 is 0. The van der Waals surface area contributed by atoms with Crippen LogP contribution in [0.3, 0.4) is 0 Å². The summed E-state index contributed by atoms with van der Waals surface area (Å²) >= 11 is 0. The van der Waals surface area contributed by atoms with Gasteiger partial charge in [0.15, 0.2) is 0 Å². The van der Waals surface area contributed by atoms with E-state index in [1.807, 2.05) is 37.3 Å². The maximum absolute atomic E-state index is 12.5. The lowest BCUT2D eigenvalue weighted by atomic mass is 10.1. The van der Waals surface area contributed by atoms with Gasteiger partial charge in [0.05, 0.1) is 22.2 Å². The SMILES string of the molecule is Cc1ccc2c(c1)C(=O)N(c1nc3ccccc3[nH]1)C2=O. The molecule has 5 nitrogen and oxygen atoms in total. The Bertz CT molecular complexity index is 878. The molecule has 4 rings (SSSR count). The van der Waals surface area contributed by atoms with E-state index in [0.29, 0.717) is 11.1 Å². The Labute approximate surface area is 120 Å². The summed E-state index contributed by atoms with van der Waals surface area (Å²) in [4.78, 5) is 33.4. The van der Waals surface area contributed by atoms with Gasteiger partial charge in [0.25, 0.3) is 11.8 Å². The first-order chi connectivity index (χ1) is 10.1. The number of aryl methyl sites for hydroxylation is 1. The lowest BCUT2D eigenvalue weighted by molar-refractivity contribution is 0.0924. The van der Waals surface area contributed by atoms with Crippen LogP contribution in [0.2, 0.25) is 0 Å². The molecule has 5 heteroatoms. The number of aromatic amines is 1. The van der Waals surface area contributed by atoms with Crippen LogP contribution in [0.1, 0.15) is 26.3 Å². The number of carbonyl (C=O) groups excluding carboxylic acids is 2. The van der Waals surface area contributed by atoms with Crippen LogP contribution < -0.4 is 4.90 Å². The number of benzene rings is 2. The topological polar surface area (TPSA) is 66.1 Å². The highest BCUT2D eigenvalue weighted by Crippen LogP contribution is 2.28. The molecule has 0 bridgehead atoms. The Balaban J connectivity index is 1.87. The summed E-state index contributed by atoms with van der Waals surface area (Å²) in [5, 5.41) is 0. The van der Waals surface area contributed by atoms with Crippen LogP contribution in [-0.2, 0) is 0 Å². The fraction of sp³-hybridized carbons (Fsp3) is 0.0625. The summed E-state index contributed by atoms with van der Waals surface area (Å²) in [6, 6.07) is 12.7. The van der Waals surface area contributed by atoms with Gasteiger partial charge >= 0.3 is 0 Å². The average molecular weight is 277 g/mol. The molecule has 2 heterocycles. The third-order valence-electron chi connectivity index (χ3n) is 3.63. The van der Waals surface area contributed by atoms with Gasteiger partial charge in [-0.2, -0.15) is 0 Å². The smallest absolute Gasteiger partial charge is 0.268 e. The van der Waals surface area contributed by atoms with Crippen molar-refractivity contribution in [2.45, 2.75) is 6.92 Å². The third-order valence-corrected chi connectivity index (χ3v) is 3.63. The molecule has 0 saturated heterocycles. The second kappa shape index (κ2) is 4.02. The number of anilines is 1. The van der Waals surface area contributed by atoms with Crippen molar-refractivity contribution in [3.63, 3.8) is 0 Å². The first-order valence-electron chi connectivity index (χ1n) is 6.59. The van der Waals surface area contributed by atoms with Crippen molar-refractivity contribution in [2.24, 2.45) is 0 Å². The monoisotopic (exact) mass is 277 g/mol. The second-order valence-electron chi connectivity index (χ2n) is 5.07. The highest BCUT2D eigenvalue weighted by molar-refractivity contribution is 6.34. The maximum atomic E-state index is 12.5. The van der Waals surface area contributed by atoms with Gasteiger partial charge in [-0.25, -0.2) is 9.88 Å². The molecule has 1 aromatic heterocycles. The molecule has 0 radical (unpaired) electrons. The molecule has 0 fully saturated rings. The molecule has 21 heavy (non-hydrogen) atoms. The number of nitrogens with one attached hydrogen (secondary N) is 1. The summed E-state index contributed by atoms with van der Waals surface area (Å²) in [5.41, 5.74) is 3.31. The number of para-hydroxylation sites is 2. The number of hydrogen-bond donors (Lipinski definition) is 1. The Hall–Kier alpha value is -2.95. The molecule has 1 N–H and O–H groups in total. The number of hydrogen-bond acceptors (Lipinski definition) is 3. The molecule has 1 aliphatic heterocycles. The van der Waals surface area contributed by atoms with E-state index < -0.39 is 0 Å². The van der Waals surface area contributed by atoms with Crippen LogP contribution in [-0.4, -0.2) is 21.8 Å². The van der Waals surface area contributed by atoms with Gasteiger partial charge in [0, 0.05) is 0 Å². The molecule has 0 unspecified atom stereocenters. The zero-order valence-corrected chi connectivity index (χ0v) is 11.3. The number of nitrogens with zero attached hydrogens (tertiary/aromatic N) is 2. The second-order valence-corrected chi connectivity index (χ2v) is 5.07. The molecule has 0 saturated carbocycles. The van der Waals surface area contributed by atoms with Crippen molar-refractivity contribution in [2.75, 3.05) is 4.90 Å². The van der Waals surface area contributed by atoms with E-state index in [4.69, 9.17) is 0 Å². The summed E-state index contributed by atoms with van der Waals surface area (Å²) in [7, 11) is 0. The fourth-order valence-corrected chi connectivity index (χ4v) is 2.59. The highest BCUT2D eigenvalue weighted by Gasteiger charge is 2.38. The van der Waals surface area contributed by atoms with Gasteiger partial charge in [0.2, 0.25) is 5.95 Å². The highest BCUT2D eigenvalue weighted by atomic mass is 16.2. The molecule has 1 aliphatic rings. The van der Waals surface area contributed by atoms with Crippen molar-refractivity contribution in [1.29, 1.82) is 0 Å². The van der Waals surface area contributed by atoms with Gasteiger partial charge in [-0.1, -0.05) is 23.8 Å². The molecule has 0 spiro atoms. The molecule has 2 amide bonds. The van der Waals surface area contributed by atoms with Crippen LogP contribution in [0.5, 0.6) is 0 Å². The molecule has 2 aromatic carbocycles. The van der Waals surface area contributed by atoms with E-state index in [1.54, 1.807) is 12.1 Å². The Morgan fingerprint density at radius 1 is 1.00 bits per heavy atom. The van der Waals surface area contributed by atoms with Crippen molar-refractivity contribution >= 4 is 28.8 Å². The number of fused-ring (bicyclic) bond motifs is 2. The van der Waals surface area contributed by atoms with Crippen LogP contribution in [0, 0.1) is 6.92 Å². The molecule has 0 atom stereocenters. The lowest BCUT2D eigenvalue weighted by Crippen LogP contribution is -2.30. The number of imide groups is 1. The third kappa shape index (κ3) is 1.61. The standard InChI is InChI=1S/C16H11N3O2/c1-9-6-7-10-11(8-9)15(21)19(14(10)20)16-17-12-4-2-3-5-13(12)18-16/h2-8H,1H3,(H,17,18). The number of H-pyrrole nitrogens is 1. The summed E-state index contributed by atoms with van der Waals surface area (Å²) in [5.74, 6) is -0.410. The first kappa shape index (κ1) is 11.8. The minimum Gasteiger partial charge on any atom is -0.323 e. The van der Waals surface area contributed by atoms with Crippen molar-refractivity contribution in [1.82, 2.24) is 9.97 Å². The number of carbonyl (C=O) groups is 2. The van der Waals surface area contributed by atoms with Gasteiger partial charge < -0.3 is 4.98 Å². The van der Waals surface area contributed by atoms with Gasteiger partial charge in [-0.05, 0) is 31.2 Å². The summed E-state index contributed by atoms with van der Waals surface area (Å²) in [6.45, 7) is 1.89. The minimum atomic E-state index is -0.339. The van der Waals surface area contributed by atoms with Crippen LogP contribution in [0.4, 0.5) is 5.95 Å². The quantitative estimate of drug-likeness (QED) is 0.695. The van der Waals surface area contributed by atoms with Crippen molar-refractivity contribution in [3.8, 4) is 0 Å². The average Bonchev–Trinajstić information content (AvgIpc) is 2.99. The number of amides is 2. The molecular formula is C16H11N3O2. The van der Waals surface area contributed by atoms with Crippen LogP contribution in [0.15, 0.2) is 42.5 Å². The molecule has 0 aliphatic carbocycles. The van der Waals surface area contributed by atoms with E-state index in [2.05, 4.69) is 9.97 Å². The van der Waals surface area contributed by atoms with E-state index in [9.17, 15) is 9.59 Å². The van der Waals surface area contributed by atoms with Gasteiger partial charge in [-0.3, -0.25) is 9.59 Å². The predicted octanol–water partition coefficient (Wildman–Crippen LogP) is 2.67. The maximum Gasteiger partial charge on any atom is 0.268 e. The zero-order valence-electron chi connectivity index (χ0n) is 11.3. The molecule has 3 aromatic rings. The van der Waals surface area contributed by atoms with Crippen molar-refractivity contribution in [3.05, 3.63) is 59.2 Å².